The van der Waals surface area contributed by atoms with Gasteiger partial charge in [0.2, 0.25) is 0 Å². The average Bonchev–Trinajstić information content (AvgIpc) is 2.66. The molecule has 0 saturated heterocycles. The van der Waals surface area contributed by atoms with Crippen molar-refractivity contribution in [2.24, 2.45) is 0 Å². The summed E-state index contributed by atoms with van der Waals surface area (Å²) in [5, 5.41) is 3.10. The molecular formula is C12H20N2O. The molecule has 0 radical (unpaired) electrons. The van der Waals surface area contributed by atoms with Crippen molar-refractivity contribution in [1.82, 2.24) is 10.2 Å². The van der Waals surface area contributed by atoms with Crippen LogP contribution in [0.15, 0.2) is 29.4 Å². The summed E-state index contributed by atoms with van der Waals surface area (Å²) in [4.78, 5) is 2.27. The largest absolute Gasteiger partial charge is 0.468 e. The molecule has 0 bridgehead atoms. The van der Waals surface area contributed by atoms with Gasteiger partial charge in [0.1, 0.15) is 5.76 Å². The summed E-state index contributed by atoms with van der Waals surface area (Å²) in [6.45, 7) is 9.50. The topological polar surface area (TPSA) is 28.4 Å². The van der Waals surface area contributed by atoms with Crippen molar-refractivity contribution < 1.29 is 4.42 Å². The van der Waals surface area contributed by atoms with Crippen LogP contribution in [0.1, 0.15) is 18.2 Å². The van der Waals surface area contributed by atoms with Crippen molar-refractivity contribution in [2.45, 2.75) is 20.0 Å². The van der Waals surface area contributed by atoms with Gasteiger partial charge in [-0.05, 0) is 19.7 Å². The first-order valence-corrected chi connectivity index (χ1v) is 5.34. The van der Waals surface area contributed by atoms with Gasteiger partial charge in [-0.2, -0.15) is 0 Å². The molecule has 0 unspecified atom stereocenters. The van der Waals surface area contributed by atoms with Crippen LogP contribution < -0.4 is 5.32 Å². The third-order valence-electron chi connectivity index (χ3n) is 2.30. The Balaban J connectivity index is 2.50. The molecule has 1 heterocycles. The molecule has 0 saturated carbocycles. The Morgan fingerprint density at radius 1 is 1.60 bits per heavy atom. The average molecular weight is 208 g/mol. The van der Waals surface area contributed by atoms with E-state index in [0.29, 0.717) is 0 Å². The van der Waals surface area contributed by atoms with Crippen LogP contribution in [-0.4, -0.2) is 25.0 Å². The maximum Gasteiger partial charge on any atom is 0.118 e. The minimum atomic E-state index is 0.853. The highest BCUT2D eigenvalue weighted by Gasteiger charge is 2.05. The van der Waals surface area contributed by atoms with E-state index in [1.54, 1.807) is 0 Å². The van der Waals surface area contributed by atoms with Crippen LogP contribution >= 0.6 is 0 Å². The molecule has 1 aromatic rings. The fraction of sp³-hybridized carbons (Fsp3) is 0.500. The number of nitrogens with zero attached hydrogens (tertiary/aromatic N) is 1. The number of hydrogen-bond donors (Lipinski definition) is 1. The summed E-state index contributed by atoms with van der Waals surface area (Å²) in [6.07, 6.45) is 3.73. The van der Waals surface area contributed by atoms with E-state index in [4.69, 9.17) is 4.42 Å². The molecule has 0 spiro atoms. The first-order valence-electron chi connectivity index (χ1n) is 5.34. The van der Waals surface area contributed by atoms with Gasteiger partial charge in [0.15, 0.2) is 0 Å². The summed E-state index contributed by atoms with van der Waals surface area (Å²) >= 11 is 0. The van der Waals surface area contributed by atoms with Gasteiger partial charge in [-0.15, -0.1) is 6.58 Å². The zero-order valence-corrected chi connectivity index (χ0v) is 9.62. The lowest BCUT2D eigenvalue weighted by atomic mass is 10.3. The van der Waals surface area contributed by atoms with Crippen molar-refractivity contribution in [3.8, 4) is 0 Å². The van der Waals surface area contributed by atoms with Crippen molar-refractivity contribution in [2.75, 3.05) is 20.1 Å². The maximum absolute atomic E-state index is 5.48. The van der Waals surface area contributed by atoms with E-state index >= 15 is 0 Å². The first kappa shape index (κ1) is 12.0. The van der Waals surface area contributed by atoms with Gasteiger partial charge < -0.3 is 9.73 Å². The third-order valence-corrected chi connectivity index (χ3v) is 2.30. The van der Waals surface area contributed by atoms with E-state index in [0.717, 1.165) is 31.9 Å². The molecule has 0 aromatic carbocycles. The SMILES string of the molecule is C=CCN(CC)Cc1cc(CNC)co1. The van der Waals surface area contributed by atoms with Crippen molar-refractivity contribution in [3.05, 3.63) is 36.3 Å². The van der Waals surface area contributed by atoms with Crippen LogP contribution in [0, 0.1) is 0 Å². The monoisotopic (exact) mass is 208 g/mol. The fourth-order valence-electron chi connectivity index (χ4n) is 1.51. The van der Waals surface area contributed by atoms with Gasteiger partial charge in [-0.25, -0.2) is 0 Å². The zero-order chi connectivity index (χ0) is 11.1. The van der Waals surface area contributed by atoms with Crippen LogP contribution in [0.3, 0.4) is 0 Å². The molecule has 0 aliphatic carbocycles. The highest BCUT2D eigenvalue weighted by Crippen LogP contribution is 2.10. The van der Waals surface area contributed by atoms with Crippen LogP contribution in [0.5, 0.6) is 0 Å². The molecule has 3 nitrogen and oxygen atoms in total. The summed E-state index contributed by atoms with van der Waals surface area (Å²) in [7, 11) is 1.93. The molecule has 0 fully saturated rings. The van der Waals surface area contributed by atoms with E-state index in [9.17, 15) is 0 Å². The molecule has 1 N–H and O–H groups in total. The molecular weight excluding hydrogens is 188 g/mol. The standard InChI is InChI=1S/C12H20N2O/c1-4-6-14(5-2)9-12-7-11(8-13-3)10-15-12/h4,7,10,13H,1,5-6,8-9H2,2-3H3. The van der Waals surface area contributed by atoms with E-state index in [1.165, 1.54) is 5.56 Å². The Kier molecular flexibility index (Phi) is 5.15. The second kappa shape index (κ2) is 6.43. The predicted molar refractivity (Wildman–Crippen MR) is 62.6 cm³/mol. The van der Waals surface area contributed by atoms with Gasteiger partial charge in [-0.3, -0.25) is 4.90 Å². The smallest absolute Gasteiger partial charge is 0.118 e. The van der Waals surface area contributed by atoms with Crippen molar-refractivity contribution in [3.63, 3.8) is 0 Å². The minimum Gasteiger partial charge on any atom is -0.468 e. The van der Waals surface area contributed by atoms with Crippen LogP contribution in [-0.2, 0) is 13.1 Å². The molecule has 15 heavy (non-hydrogen) atoms. The van der Waals surface area contributed by atoms with Gasteiger partial charge in [-0.1, -0.05) is 13.0 Å². The lowest BCUT2D eigenvalue weighted by Gasteiger charge is -2.16. The molecule has 84 valence electrons. The third kappa shape index (κ3) is 3.90. The number of nitrogens with one attached hydrogen (secondary N) is 1. The Bertz CT molecular complexity index is 294. The number of hydrogen-bond acceptors (Lipinski definition) is 3. The normalized spacial score (nSPS) is 10.9. The van der Waals surface area contributed by atoms with Gasteiger partial charge in [0.25, 0.3) is 0 Å². The Labute approximate surface area is 91.8 Å². The van der Waals surface area contributed by atoms with Crippen molar-refractivity contribution >= 4 is 0 Å². The number of furan rings is 1. The highest BCUT2D eigenvalue weighted by atomic mass is 16.3. The molecule has 0 atom stereocenters. The van der Waals surface area contributed by atoms with E-state index < -0.39 is 0 Å². The first-order chi connectivity index (χ1) is 7.30. The summed E-state index contributed by atoms with van der Waals surface area (Å²) < 4.78 is 5.48. The van der Waals surface area contributed by atoms with E-state index in [1.807, 2.05) is 19.4 Å². The van der Waals surface area contributed by atoms with Crippen molar-refractivity contribution in [1.29, 1.82) is 0 Å². The van der Waals surface area contributed by atoms with Crippen LogP contribution in [0.2, 0.25) is 0 Å². The predicted octanol–water partition coefficient (Wildman–Crippen LogP) is 2.01. The second-order valence-corrected chi connectivity index (χ2v) is 3.57. The maximum atomic E-state index is 5.48. The lowest BCUT2D eigenvalue weighted by Crippen LogP contribution is -2.22. The molecule has 0 aliphatic rings. The van der Waals surface area contributed by atoms with Crippen LogP contribution in [0.4, 0.5) is 0 Å². The number of likely N-dealkylation sites (N-methyl/N-ethyl adjacent to an activating group) is 1. The Morgan fingerprint density at radius 3 is 3.00 bits per heavy atom. The van der Waals surface area contributed by atoms with Gasteiger partial charge >= 0.3 is 0 Å². The zero-order valence-electron chi connectivity index (χ0n) is 9.62. The fourth-order valence-corrected chi connectivity index (χ4v) is 1.51. The van der Waals surface area contributed by atoms with E-state index in [2.05, 4.69) is 29.8 Å². The Hall–Kier alpha value is -1.06. The summed E-state index contributed by atoms with van der Waals surface area (Å²) in [5.41, 5.74) is 1.20. The molecule has 1 rings (SSSR count). The van der Waals surface area contributed by atoms with Crippen LogP contribution in [0.25, 0.3) is 0 Å². The van der Waals surface area contributed by atoms with Gasteiger partial charge in [0.05, 0.1) is 12.8 Å². The Morgan fingerprint density at radius 2 is 2.40 bits per heavy atom. The quantitative estimate of drug-likeness (QED) is 0.695. The van der Waals surface area contributed by atoms with Gasteiger partial charge in [0, 0.05) is 18.7 Å². The lowest BCUT2D eigenvalue weighted by molar-refractivity contribution is 0.281. The van der Waals surface area contributed by atoms with E-state index in [-0.39, 0.29) is 0 Å². The summed E-state index contributed by atoms with van der Waals surface area (Å²) in [5.74, 6) is 1.02. The highest BCUT2D eigenvalue weighted by molar-refractivity contribution is 5.12. The minimum absolute atomic E-state index is 0.853. The molecule has 0 aliphatic heterocycles. The molecule has 1 aromatic heterocycles. The molecule has 0 amide bonds. The summed E-state index contributed by atoms with van der Waals surface area (Å²) in [6, 6.07) is 2.10. The second-order valence-electron chi connectivity index (χ2n) is 3.57. The number of rotatable bonds is 7. The molecule has 3 heteroatoms.